The average Bonchev–Trinajstić information content (AvgIpc) is 2.57. The van der Waals surface area contributed by atoms with Gasteiger partial charge in [-0.1, -0.05) is 11.0 Å². The molecule has 1 aromatic rings. The lowest BCUT2D eigenvalue weighted by molar-refractivity contribution is 1.01. The molecule has 0 bridgehead atoms. The van der Waals surface area contributed by atoms with E-state index in [2.05, 4.69) is 32.1 Å². The predicted octanol–water partition coefficient (Wildman–Crippen LogP) is 1.46. The van der Waals surface area contributed by atoms with Gasteiger partial charge in [-0.3, -0.25) is 5.10 Å². The number of azide groups is 1. The van der Waals surface area contributed by atoms with Crippen LogP contribution in [0, 0.1) is 11.8 Å². The number of nitrogens with one attached hydrogen (secondary N) is 1. The van der Waals surface area contributed by atoms with Gasteiger partial charge < -0.3 is 0 Å². The Labute approximate surface area is 69.4 Å². The van der Waals surface area contributed by atoms with Crippen LogP contribution in [0.3, 0.4) is 0 Å². The summed E-state index contributed by atoms with van der Waals surface area (Å²) in [6.45, 7) is 0.414. The van der Waals surface area contributed by atoms with Gasteiger partial charge in [0, 0.05) is 24.1 Å². The van der Waals surface area contributed by atoms with E-state index in [1.807, 2.05) is 0 Å². The summed E-state index contributed by atoms with van der Waals surface area (Å²) < 4.78 is 0. The van der Waals surface area contributed by atoms with E-state index in [1.54, 1.807) is 12.3 Å². The molecule has 0 unspecified atom stereocenters. The maximum absolute atomic E-state index is 7.94. The molecule has 1 aromatic heterocycles. The second kappa shape index (κ2) is 4.83. The SMILES string of the molecule is [N-]=[N+]=NCCC#Cc1ccn[nH]1. The third kappa shape index (κ3) is 2.78. The van der Waals surface area contributed by atoms with Crippen molar-refractivity contribution in [2.75, 3.05) is 6.54 Å². The highest BCUT2D eigenvalue weighted by atomic mass is 15.1. The Morgan fingerprint density at radius 1 is 1.75 bits per heavy atom. The molecule has 0 saturated carbocycles. The normalized spacial score (nSPS) is 8.00. The summed E-state index contributed by atoms with van der Waals surface area (Å²) in [5, 5.41) is 9.77. The molecule has 0 atom stereocenters. The Morgan fingerprint density at radius 2 is 2.67 bits per heavy atom. The first-order chi connectivity index (χ1) is 5.93. The average molecular weight is 161 g/mol. The van der Waals surface area contributed by atoms with E-state index < -0.39 is 0 Å². The quantitative estimate of drug-likeness (QED) is 0.230. The first-order valence-electron chi connectivity index (χ1n) is 3.42. The van der Waals surface area contributed by atoms with Crippen LogP contribution in [0.2, 0.25) is 0 Å². The molecule has 0 aliphatic rings. The van der Waals surface area contributed by atoms with Crippen molar-refractivity contribution >= 4 is 0 Å². The van der Waals surface area contributed by atoms with Gasteiger partial charge in [0.05, 0.1) is 0 Å². The highest BCUT2D eigenvalue weighted by Crippen LogP contribution is 1.87. The van der Waals surface area contributed by atoms with Crippen LogP contribution in [0.15, 0.2) is 17.4 Å². The molecule has 5 nitrogen and oxygen atoms in total. The van der Waals surface area contributed by atoms with Crippen molar-refractivity contribution in [1.82, 2.24) is 10.2 Å². The molecule has 0 amide bonds. The van der Waals surface area contributed by atoms with Gasteiger partial charge in [0.25, 0.3) is 0 Å². The third-order valence-electron chi connectivity index (χ3n) is 1.12. The summed E-state index contributed by atoms with van der Waals surface area (Å²) in [5.74, 6) is 5.67. The van der Waals surface area contributed by atoms with Crippen LogP contribution >= 0.6 is 0 Å². The van der Waals surface area contributed by atoms with Crippen molar-refractivity contribution in [2.24, 2.45) is 5.11 Å². The second-order valence-corrected chi connectivity index (χ2v) is 1.98. The number of H-pyrrole nitrogens is 1. The summed E-state index contributed by atoms with van der Waals surface area (Å²) in [5.41, 5.74) is 8.72. The minimum atomic E-state index is 0.414. The Bertz CT molecular complexity index is 322. The summed E-state index contributed by atoms with van der Waals surface area (Å²) >= 11 is 0. The van der Waals surface area contributed by atoms with Gasteiger partial charge >= 0.3 is 0 Å². The fourth-order valence-corrected chi connectivity index (χ4v) is 0.634. The highest BCUT2D eigenvalue weighted by Gasteiger charge is 1.82. The van der Waals surface area contributed by atoms with E-state index in [0.29, 0.717) is 13.0 Å². The Balaban J connectivity index is 2.35. The number of nitrogens with zero attached hydrogens (tertiary/aromatic N) is 4. The second-order valence-electron chi connectivity index (χ2n) is 1.98. The zero-order chi connectivity index (χ0) is 8.65. The topological polar surface area (TPSA) is 77.4 Å². The molecule has 0 aliphatic carbocycles. The van der Waals surface area contributed by atoms with Gasteiger partial charge in [0.1, 0.15) is 5.69 Å². The number of aromatic amines is 1. The van der Waals surface area contributed by atoms with E-state index in [4.69, 9.17) is 5.53 Å². The summed E-state index contributed by atoms with van der Waals surface area (Å²) in [6.07, 6.45) is 2.21. The molecule has 0 aromatic carbocycles. The molecular formula is C7H7N5. The largest absolute Gasteiger partial charge is 0.270 e. The molecule has 1 rings (SSSR count). The predicted molar refractivity (Wildman–Crippen MR) is 44.1 cm³/mol. The van der Waals surface area contributed by atoms with Crippen molar-refractivity contribution in [2.45, 2.75) is 6.42 Å². The van der Waals surface area contributed by atoms with E-state index >= 15 is 0 Å². The fraction of sp³-hybridized carbons (Fsp3) is 0.286. The van der Waals surface area contributed by atoms with Gasteiger partial charge in [-0.05, 0) is 17.5 Å². The Morgan fingerprint density at radius 3 is 3.33 bits per heavy atom. The zero-order valence-corrected chi connectivity index (χ0v) is 6.36. The summed E-state index contributed by atoms with van der Waals surface area (Å²) in [7, 11) is 0. The maximum Gasteiger partial charge on any atom is 0.107 e. The Kier molecular flexibility index (Phi) is 3.29. The molecule has 5 heteroatoms. The van der Waals surface area contributed by atoms with Crippen LogP contribution in [-0.4, -0.2) is 16.7 Å². The number of rotatable bonds is 2. The van der Waals surface area contributed by atoms with Gasteiger partial charge in [0.15, 0.2) is 0 Å². The van der Waals surface area contributed by atoms with Crippen LogP contribution in [0.5, 0.6) is 0 Å². The van der Waals surface area contributed by atoms with Crippen LogP contribution < -0.4 is 0 Å². The van der Waals surface area contributed by atoms with Gasteiger partial charge in [-0.25, -0.2) is 0 Å². The number of aromatic nitrogens is 2. The molecule has 12 heavy (non-hydrogen) atoms. The standard InChI is InChI=1S/C7H7N5/c8-12-10-5-2-1-3-7-4-6-9-11-7/h4,6H,2,5H2,(H,9,11). The third-order valence-corrected chi connectivity index (χ3v) is 1.12. The number of hydrogen-bond acceptors (Lipinski definition) is 2. The molecule has 0 fully saturated rings. The van der Waals surface area contributed by atoms with Crippen LogP contribution in [0.25, 0.3) is 10.4 Å². The summed E-state index contributed by atoms with van der Waals surface area (Å²) in [6, 6.07) is 1.78. The lowest BCUT2D eigenvalue weighted by atomic mass is 10.4. The van der Waals surface area contributed by atoms with Crippen LogP contribution in [0.4, 0.5) is 0 Å². The van der Waals surface area contributed by atoms with Crippen molar-refractivity contribution < 1.29 is 0 Å². The van der Waals surface area contributed by atoms with Gasteiger partial charge in [0.2, 0.25) is 0 Å². The molecule has 1 heterocycles. The Hall–Kier alpha value is -1.92. The molecular weight excluding hydrogens is 154 g/mol. The van der Waals surface area contributed by atoms with E-state index in [9.17, 15) is 0 Å². The molecule has 0 saturated heterocycles. The molecule has 0 aliphatic heterocycles. The number of hydrogen-bond donors (Lipinski definition) is 1. The first-order valence-corrected chi connectivity index (χ1v) is 3.42. The highest BCUT2D eigenvalue weighted by molar-refractivity contribution is 5.25. The van der Waals surface area contributed by atoms with Gasteiger partial charge in [-0.2, -0.15) is 5.10 Å². The monoisotopic (exact) mass is 161 g/mol. The fourth-order valence-electron chi connectivity index (χ4n) is 0.634. The maximum atomic E-state index is 7.94. The van der Waals surface area contributed by atoms with Crippen molar-refractivity contribution in [3.8, 4) is 11.8 Å². The molecule has 60 valence electrons. The van der Waals surface area contributed by atoms with Crippen molar-refractivity contribution in [3.05, 3.63) is 28.4 Å². The summed E-state index contributed by atoms with van der Waals surface area (Å²) in [4.78, 5) is 2.61. The van der Waals surface area contributed by atoms with E-state index in [0.717, 1.165) is 5.69 Å². The van der Waals surface area contributed by atoms with Crippen LogP contribution in [0.1, 0.15) is 12.1 Å². The van der Waals surface area contributed by atoms with Crippen molar-refractivity contribution in [1.29, 1.82) is 0 Å². The first kappa shape index (κ1) is 8.18. The van der Waals surface area contributed by atoms with Gasteiger partial charge in [-0.15, -0.1) is 0 Å². The minimum Gasteiger partial charge on any atom is -0.270 e. The lowest BCUT2D eigenvalue weighted by Gasteiger charge is -1.78. The van der Waals surface area contributed by atoms with Crippen LogP contribution in [-0.2, 0) is 0 Å². The minimum absolute atomic E-state index is 0.414. The lowest BCUT2D eigenvalue weighted by Crippen LogP contribution is -1.75. The van der Waals surface area contributed by atoms with Crippen molar-refractivity contribution in [3.63, 3.8) is 0 Å². The molecule has 0 radical (unpaired) electrons. The smallest absolute Gasteiger partial charge is 0.107 e. The molecule has 0 spiro atoms. The van der Waals surface area contributed by atoms with E-state index in [-0.39, 0.29) is 0 Å². The molecule has 1 N–H and O–H groups in total. The zero-order valence-electron chi connectivity index (χ0n) is 6.36. The van der Waals surface area contributed by atoms with E-state index in [1.165, 1.54) is 0 Å².